The number of ether oxygens (including phenoxy) is 3. The van der Waals surface area contributed by atoms with Gasteiger partial charge < -0.3 is 19.5 Å². The molecule has 5 heteroatoms. The van der Waals surface area contributed by atoms with E-state index in [0.717, 1.165) is 47.3 Å². The molecule has 0 amide bonds. The van der Waals surface area contributed by atoms with E-state index in [1.165, 1.54) is 0 Å². The Labute approximate surface area is 135 Å². The number of para-hydroxylation sites is 1. The standard InChI is InChI=1S/C18H20N2O3/c1-21-15-8-5-9-16(22-2)14(15)12-23-17-7-4-3-6-13(17)18-19-10-11-20-18/h3-9H,10-12H2,1-2H3,(H,19,20). The summed E-state index contributed by atoms with van der Waals surface area (Å²) in [4.78, 5) is 4.47. The van der Waals surface area contributed by atoms with E-state index in [4.69, 9.17) is 14.2 Å². The molecule has 0 fully saturated rings. The van der Waals surface area contributed by atoms with Crippen molar-refractivity contribution in [2.75, 3.05) is 27.3 Å². The summed E-state index contributed by atoms with van der Waals surface area (Å²) in [6, 6.07) is 13.6. The summed E-state index contributed by atoms with van der Waals surface area (Å²) in [7, 11) is 3.28. The number of hydrogen-bond donors (Lipinski definition) is 1. The lowest BCUT2D eigenvalue weighted by Gasteiger charge is -2.15. The molecule has 0 bridgehead atoms. The maximum absolute atomic E-state index is 6.04. The lowest BCUT2D eigenvalue weighted by Crippen LogP contribution is -2.20. The summed E-state index contributed by atoms with van der Waals surface area (Å²) in [6.07, 6.45) is 0. The molecule has 3 rings (SSSR count). The predicted octanol–water partition coefficient (Wildman–Crippen LogP) is 2.63. The zero-order valence-corrected chi connectivity index (χ0v) is 13.3. The lowest BCUT2D eigenvalue weighted by atomic mass is 10.1. The second kappa shape index (κ2) is 7.05. The maximum Gasteiger partial charge on any atom is 0.132 e. The van der Waals surface area contributed by atoms with Crippen LogP contribution >= 0.6 is 0 Å². The molecule has 1 N–H and O–H groups in total. The van der Waals surface area contributed by atoms with Crippen molar-refractivity contribution in [1.82, 2.24) is 5.32 Å². The lowest BCUT2D eigenvalue weighted by molar-refractivity contribution is 0.286. The van der Waals surface area contributed by atoms with Crippen molar-refractivity contribution in [2.24, 2.45) is 4.99 Å². The largest absolute Gasteiger partial charge is 0.496 e. The quantitative estimate of drug-likeness (QED) is 0.891. The van der Waals surface area contributed by atoms with Gasteiger partial charge in [0.15, 0.2) is 0 Å². The fourth-order valence-corrected chi connectivity index (χ4v) is 2.59. The zero-order chi connectivity index (χ0) is 16.1. The van der Waals surface area contributed by atoms with Gasteiger partial charge >= 0.3 is 0 Å². The van der Waals surface area contributed by atoms with Crippen LogP contribution in [-0.2, 0) is 6.61 Å². The number of aliphatic imine (C=N–C) groups is 1. The first-order valence-electron chi connectivity index (χ1n) is 7.54. The molecule has 0 spiro atoms. The molecular weight excluding hydrogens is 292 g/mol. The Hall–Kier alpha value is -2.69. The van der Waals surface area contributed by atoms with Gasteiger partial charge in [0, 0.05) is 6.54 Å². The first-order valence-corrected chi connectivity index (χ1v) is 7.54. The first-order chi connectivity index (χ1) is 11.3. The molecule has 23 heavy (non-hydrogen) atoms. The van der Waals surface area contributed by atoms with Crippen LogP contribution < -0.4 is 19.5 Å². The van der Waals surface area contributed by atoms with Crippen molar-refractivity contribution in [2.45, 2.75) is 6.61 Å². The number of rotatable bonds is 6. The van der Waals surface area contributed by atoms with Gasteiger partial charge in [0.05, 0.1) is 31.9 Å². The van der Waals surface area contributed by atoms with Gasteiger partial charge in [0.2, 0.25) is 0 Å². The number of hydrogen-bond acceptors (Lipinski definition) is 5. The van der Waals surface area contributed by atoms with Gasteiger partial charge in [-0.15, -0.1) is 0 Å². The van der Waals surface area contributed by atoms with Crippen LogP contribution in [0.25, 0.3) is 0 Å². The van der Waals surface area contributed by atoms with E-state index < -0.39 is 0 Å². The summed E-state index contributed by atoms with van der Waals surface area (Å²) in [5, 5.41) is 3.28. The van der Waals surface area contributed by atoms with Gasteiger partial charge in [-0.1, -0.05) is 18.2 Å². The maximum atomic E-state index is 6.04. The third-order valence-corrected chi connectivity index (χ3v) is 3.72. The van der Waals surface area contributed by atoms with E-state index in [1.807, 2.05) is 42.5 Å². The summed E-state index contributed by atoms with van der Waals surface area (Å²) in [5.74, 6) is 3.16. The van der Waals surface area contributed by atoms with Crippen molar-refractivity contribution in [1.29, 1.82) is 0 Å². The normalized spacial score (nSPS) is 13.2. The fraction of sp³-hybridized carbons (Fsp3) is 0.278. The zero-order valence-electron chi connectivity index (χ0n) is 13.3. The smallest absolute Gasteiger partial charge is 0.132 e. The van der Waals surface area contributed by atoms with Crippen LogP contribution in [0, 0.1) is 0 Å². The van der Waals surface area contributed by atoms with Gasteiger partial charge in [-0.3, -0.25) is 4.99 Å². The van der Waals surface area contributed by atoms with Crippen molar-refractivity contribution >= 4 is 5.84 Å². The Bertz CT molecular complexity index is 691. The molecule has 2 aromatic carbocycles. The Morgan fingerprint density at radius 3 is 2.30 bits per heavy atom. The van der Waals surface area contributed by atoms with Gasteiger partial charge in [0.1, 0.15) is 29.7 Å². The van der Waals surface area contributed by atoms with Crippen LogP contribution in [-0.4, -0.2) is 33.1 Å². The summed E-state index contributed by atoms with van der Waals surface area (Å²) in [5.41, 5.74) is 1.85. The van der Waals surface area contributed by atoms with Crippen LogP contribution in [0.1, 0.15) is 11.1 Å². The molecule has 0 radical (unpaired) electrons. The molecule has 120 valence electrons. The number of methoxy groups -OCH3 is 2. The second-order valence-corrected chi connectivity index (χ2v) is 5.08. The fourth-order valence-electron chi connectivity index (χ4n) is 2.59. The highest BCUT2D eigenvalue weighted by Crippen LogP contribution is 2.30. The molecule has 1 heterocycles. The number of benzene rings is 2. The van der Waals surface area contributed by atoms with Crippen molar-refractivity contribution in [3.63, 3.8) is 0 Å². The van der Waals surface area contributed by atoms with E-state index in [0.29, 0.717) is 6.61 Å². The summed E-state index contributed by atoms with van der Waals surface area (Å²) >= 11 is 0. The molecule has 0 atom stereocenters. The Balaban J connectivity index is 1.85. The predicted molar refractivity (Wildman–Crippen MR) is 89.7 cm³/mol. The van der Waals surface area contributed by atoms with Crippen LogP contribution in [0.2, 0.25) is 0 Å². The SMILES string of the molecule is COc1cccc(OC)c1COc1ccccc1C1=NCCN1. The van der Waals surface area contributed by atoms with E-state index in [1.54, 1.807) is 14.2 Å². The average molecular weight is 312 g/mol. The summed E-state index contributed by atoms with van der Waals surface area (Å²) < 4.78 is 16.9. The van der Waals surface area contributed by atoms with Crippen molar-refractivity contribution in [3.8, 4) is 17.2 Å². The highest BCUT2D eigenvalue weighted by molar-refractivity contribution is 6.02. The molecular formula is C18H20N2O3. The van der Waals surface area contributed by atoms with E-state index in [2.05, 4.69) is 10.3 Å². The highest BCUT2D eigenvalue weighted by Gasteiger charge is 2.15. The topological polar surface area (TPSA) is 52.1 Å². The van der Waals surface area contributed by atoms with Crippen LogP contribution in [0.4, 0.5) is 0 Å². The number of amidine groups is 1. The number of nitrogens with zero attached hydrogens (tertiary/aromatic N) is 1. The van der Waals surface area contributed by atoms with Crippen molar-refractivity contribution < 1.29 is 14.2 Å². The average Bonchev–Trinajstić information content (AvgIpc) is 3.14. The molecule has 0 unspecified atom stereocenters. The molecule has 0 aliphatic carbocycles. The third-order valence-electron chi connectivity index (χ3n) is 3.72. The van der Waals surface area contributed by atoms with Gasteiger partial charge in [-0.05, 0) is 24.3 Å². The molecule has 5 nitrogen and oxygen atoms in total. The van der Waals surface area contributed by atoms with Crippen LogP contribution in [0.5, 0.6) is 17.2 Å². The number of nitrogens with one attached hydrogen (secondary N) is 1. The van der Waals surface area contributed by atoms with E-state index >= 15 is 0 Å². The Morgan fingerprint density at radius 2 is 1.65 bits per heavy atom. The molecule has 0 saturated heterocycles. The van der Waals surface area contributed by atoms with Gasteiger partial charge in [0.25, 0.3) is 0 Å². The first kappa shape index (κ1) is 15.2. The third kappa shape index (κ3) is 3.23. The Kier molecular flexibility index (Phi) is 4.66. The molecule has 2 aromatic rings. The van der Waals surface area contributed by atoms with Crippen LogP contribution in [0.15, 0.2) is 47.5 Å². The second-order valence-electron chi connectivity index (χ2n) is 5.08. The minimum absolute atomic E-state index is 0.359. The van der Waals surface area contributed by atoms with E-state index in [-0.39, 0.29) is 0 Å². The van der Waals surface area contributed by atoms with Crippen LogP contribution in [0.3, 0.4) is 0 Å². The molecule has 1 aliphatic heterocycles. The monoisotopic (exact) mass is 312 g/mol. The summed E-state index contributed by atoms with van der Waals surface area (Å²) in [6.45, 7) is 2.02. The van der Waals surface area contributed by atoms with Gasteiger partial charge in [-0.25, -0.2) is 0 Å². The van der Waals surface area contributed by atoms with E-state index in [9.17, 15) is 0 Å². The molecule has 0 aromatic heterocycles. The minimum atomic E-state index is 0.359. The van der Waals surface area contributed by atoms with Gasteiger partial charge in [-0.2, -0.15) is 0 Å². The van der Waals surface area contributed by atoms with Crippen molar-refractivity contribution in [3.05, 3.63) is 53.6 Å². The minimum Gasteiger partial charge on any atom is -0.496 e. The molecule has 1 aliphatic rings. The Morgan fingerprint density at radius 1 is 0.957 bits per heavy atom. The molecule has 0 saturated carbocycles. The highest BCUT2D eigenvalue weighted by atomic mass is 16.5.